The molecule has 0 aromatic heterocycles. The van der Waals surface area contributed by atoms with Gasteiger partial charge in [-0.1, -0.05) is 62.9 Å². The second-order valence-corrected chi connectivity index (χ2v) is 8.42. The molecule has 1 aliphatic rings. The summed E-state index contributed by atoms with van der Waals surface area (Å²) in [6, 6.07) is 12.2. The first-order valence-electron chi connectivity index (χ1n) is 10.7. The average molecular weight is 389 g/mol. The summed E-state index contributed by atoms with van der Waals surface area (Å²) >= 11 is 0. The van der Waals surface area contributed by atoms with Crippen LogP contribution in [0.2, 0.25) is 0 Å². The third-order valence-corrected chi connectivity index (χ3v) is 6.22. The topological polar surface area (TPSA) is 0 Å². The molecule has 28 heavy (non-hydrogen) atoms. The highest BCUT2D eigenvalue weighted by Crippen LogP contribution is 2.38. The van der Waals surface area contributed by atoms with Gasteiger partial charge in [0.05, 0.1) is 5.56 Å². The van der Waals surface area contributed by atoms with Crippen molar-refractivity contribution in [2.75, 3.05) is 0 Å². The molecule has 0 N–H and O–H groups in total. The van der Waals surface area contributed by atoms with Crippen molar-refractivity contribution in [1.29, 1.82) is 0 Å². The van der Waals surface area contributed by atoms with Gasteiger partial charge in [-0.15, -0.1) is 0 Å². The lowest BCUT2D eigenvalue weighted by Crippen LogP contribution is -2.13. The lowest BCUT2D eigenvalue weighted by Gasteiger charge is -2.29. The molecule has 0 heterocycles. The van der Waals surface area contributed by atoms with E-state index >= 15 is 0 Å². The number of alkyl halides is 2. The highest BCUT2D eigenvalue weighted by Gasteiger charge is 2.28. The summed E-state index contributed by atoms with van der Waals surface area (Å²) in [5.74, 6) is -2.52. The van der Waals surface area contributed by atoms with Crippen molar-refractivity contribution in [1.82, 2.24) is 0 Å². The molecule has 0 amide bonds. The maximum Gasteiger partial charge on any atom is 0.273 e. The van der Waals surface area contributed by atoms with Crippen LogP contribution in [0.15, 0.2) is 42.5 Å². The molecule has 3 heteroatoms. The Morgan fingerprint density at radius 2 is 1.54 bits per heavy atom. The fourth-order valence-electron chi connectivity index (χ4n) is 4.47. The number of unbranched alkanes of at least 4 members (excludes halogenated alkanes) is 2. The largest absolute Gasteiger partial charge is 0.273 e. The van der Waals surface area contributed by atoms with E-state index in [2.05, 4.69) is 19.1 Å². The van der Waals surface area contributed by atoms with E-state index in [-0.39, 0.29) is 0 Å². The fourth-order valence-corrected chi connectivity index (χ4v) is 4.47. The minimum Gasteiger partial charge on any atom is -0.206 e. The molecular weight excluding hydrogens is 357 g/mol. The van der Waals surface area contributed by atoms with Gasteiger partial charge in [0.2, 0.25) is 0 Å². The smallest absolute Gasteiger partial charge is 0.206 e. The SMILES string of the molecule is CCCCCC1CCC(c2ccc(-c3ccc(C(C)(F)F)c(F)c3)cc2)CC1. The Morgan fingerprint density at radius 3 is 2.11 bits per heavy atom. The van der Waals surface area contributed by atoms with E-state index in [0.717, 1.165) is 18.4 Å². The van der Waals surface area contributed by atoms with E-state index in [1.165, 1.54) is 69.1 Å². The van der Waals surface area contributed by atoms with Gasteiger partial charge < -0.3 is 0 Å². The summed E-state index contributed by atoms with van der Waals surface area (Å²) in [4.78, 5) is 0. The van der Waals surface area contributed by atoms with Crippen LogP contribution in [0, 0.1) is 11.7 Å². The predicted octanol–water partition coefficient (Wildman–Crippen LogP) is 8.46. The summed E-state index contributed by atoms with van der Waals surface area (Å²) in [5.41, 5.74) is 2.29. The second-order valence-electron chi connectivity index (χ2n) is 8.42. The van der Waals surface area contributed by atoms with Crippen molar-refractivity contribution in [2.24, 2.45) is 5.92 Å². The van der Waals surface area contributed by atoms with Crippen molar-refractivity contribution in [3.63, 3.8) is 0 Å². The van der Waals surface area contributed by atoms with Crippen molar-refractivity contribution in [3.8, 4) is 11.1 Å². The third-order valence-electron chi connectivity index (χ3n) is 6.22. The van der Waals surface area contributed by atoms with Gasteiger partial charge in [0.15, 0.2) is 0 Å². The van der Waals surface area contributed by atoms with Gasteiger partial charge in [0.25, 0.3) is 5.92 Å². The van der Waals surface area contributed by atoms with E-state index < -0.39 is 17.3 Å². The van der Waals surface area contributed by atoms with Crippen LogP contribution in [0.1, 0.15) is 82.3 Å². The Morgan fingerprint density at radius 1 is 0.893 bits per heavy atom. The van der Waals surface area contributed by atoms with Crippen LogP contribution in [0.3, 0.4) is 0 Å². The fraction of sp³-hybridized carbons (Fsp3) is 0.520. The van der Waals surface area contributed by atoms with Gasteiger partial charge in [0.1, 0.15) is 5.82 Å². The average Bonchev–Trinajstić information content (AvgIpc) is 2.68. The van der Waals surface area contributed by atoms with Gasteiger partial charge in [-0.25, -0.2) is 13.2 Å². The number of benzene rings is 2. The van der Waals surface area contributed by atoms with Gasteiger partial charge in [-0.2, -0.15) is 0 Å². The molecule has 1 saturated carbocycles. The molecule has 0 radical (unpaired) electrons. The van der Waals surface area contributed by atoms with Crippen LogP contribution in [0.5, 0.6) is 0 Å². The van der Waals surface area contributed by atoms with E-state index in [9.17, 15) is 13.2 Å². The molecule has 152 valence electrons. The summed E-state index contributed by atoms with van der Waals surface area (Å²) in [6.07, 6.45) is 10.5. The minimum atomic E-state index is -3.16. The number of halogens is 3. The van der Waals surface area contributed by atoms with Crippen LogP contribution in [0.25, 0.3) is 11.1 Å². The molecule has 0 aliphatic heterocycles. The second kappa shape index (κ2) is 9.15. The predicted molar refractivity (Wildman–Crippen MR) is 110 cm³/mol. The molecule has 0 saturated heterocycles. The number of rotatable bonds is 7. The molecule has 2 aromatic carbocycles. The first-order valence-corrected chi connectivity index (χ1v) is 10.7. The summed E-state index contributed by atoms with van der Waals surface area (Å²) < 4.78 is 40.8. The van der Waals surface area contributed by atoms with Crippen molar-refractivity contribution < 1.29 is 13.2 Å². The Balaban J connectivity index is 1.62. The highest BCUT2D eigenvalue weighted by atomic mass is 19.3. The van der Waals surface area contributed by atoms with Gasteiger partial charge >= 0.3 is 0 Å². The van der Waals surface area contributed by atoms with Gasteiger partial charge in [0, 0.05) is 6.92 Å². The summed E-state index contributed by atoms with van der Waals surface area (Å²) in [6.45, 7) is 2.97. The molecule has 0 atom stereocenters. The lowest BCUT2D eigenvalue weighted by atomic mass is 9.77. The zero-order valence-electron chi connectivity index (χ0n) is 17.0. The monoisotopic (exact) mass is 388 g/mol. The first kappa shape index (κ1) is 21.0. The van der Waals surface area contributed by atoms with Gasteiger partial charge in [-0.05, 0) is 66.3 Å². The van der Waals surface area contributed by atoms with Crippen molar-refractivity contribution >= 4 is 0 Å². The van der Waals surface area contributed by atoms with Crippen LogP contribution < -0.4 is 0 Å². The maximum atomic E-state index is 14.1. The van der Waals surface area contributed by atoms with Crippen LogP contribution in [-0.4, -0.2) is 0 Å². The molecular formula is C25H31F3. The van der Waals surface area contributed by atoms with Gasteiger partial charge in [-0.3, -0.25) is 0 Å². The first-order chi connectivity index (χ1) is 13.4. The molecule has 2 aromatic rings. The maximum absolute atomic E-state index is 14.1. The standard InChI is InChI=1S/C25H31F3/c1-3-4-5-6-18-7-9-19(10-8-18)20-11-13-21(14-12-20)22-15-16-23(24(26)17-22)25(2,27)28/h11-19H,3-10H2,1-2H3. The van der Waals surface area contributed by atoms with E-state index in [4.69, 9.17) is 0 Å². The minimum absolute atomic E-state index is 0.552. The molecule has 1 fully saturated rings. The molecule has 1 aliphatic carbocycles. The Labute approximate surface area is 167 Å². The Kier molecular flexibility index (Phi) is 6.85. The molecule has 0 spiro atoms. The van der Waals surface area contributed by atoms with E-state index in [1.807, 2.05) is 12.1 Å². The third kappa shape index (κ3) is 5.18. The zero-order chi connectivity index (χ0) is 20.1. The molecule has 0 unspecified atom stereocenters. The van der Waals surface area contributed by atoms with Crippen molar-refractivity contribution in [3.05, 3.63) is 59.4 Å². The van der Waals surface area contributed by atoms with E-state index in [1.54, 1.807) is 6.07 Å². The molecule has 0 bridgehead atoms. The number of hydrogen-bond donors (Lipinski definition) is 0. The van der Waals surface area contributed by atoms with Crippen LogP contribution in [0.4, 0.5) is 13.2 Å². The Bertz CT molecular complexity index is 750. The quantitative estimate of drug-likeness (QED) is 0.417. The molecule has 0 nitrogen and oxygen atoms in total. The molecule has 3 rings (SSSR count). The zero-order valence-corrected chi connectivity index (χ0v) is 17.0. The summed E-state index contributed by atoms with van der Waals surface area (Å²) in [7, 11) is 0. The highest BCUT2D eigenvalue weighted by molar-refractivity contribution is 5.64. The van der Waals surface area contributed by atoms with Crippen LogP contribution in [-0.2, 0) is 5.92 Å². The van der Waals surface area contributed by atoms with Crippen LogP contribution >= 0.6 is 0 Å². The normalized spacial score (nSPS) is 20.3. The number of hydrogen-bond acceptors (Lipinski definition) is 0. The van der Waals surface area contributed by atoms with Crippen molar-refractivity contribution in [2.45, 2.75) is 77.1 Å². The Hall–Kier alpha value is -1.77. The summed E-state index contributed by atoms with van der Waals surface area (Å²) in [5, 5.41) is 0. The van der Waals surface area contributed by atoms with E-state index in [0.29, 0.717) is 11.5 Å². The lowest BCUT2D eigenvalue weighted by molar-refractivity contribution is 0.0138.